The van der Waals surface area contributed by atoms with Crippen LogP contribution < -0.4 is 10.6 Å². The Morgan fingerprint density at radius 2 is 1.68 bits per heavy atom. The number of unbranched alkanes of at least 4 members (excludes halogenated alkanes) is 1. The van der Waals surface area contributed by atoms with Gasteiger partial charge >= 0.3 is 6.16 Å². The average molecular weight is 732 g/mol. The van der Waals surface area contributed by atoms with E-state index in [0.717, 1.165) is 42.9 Å². The molecule has 53 heavy (non-hydrogen) atoms. The van der Waals surface area contributed by atoms with E-state index in [4.69, 9.17) is 14.2 Å². The Kier molecular flexibility index (Phi) is 16.3. The van der Waals surface area contributed by atoms with E-state index >= 15 is 0 Å². The third kappa shape index (κ3) is 13.3. The molecular formula is C42H51F2N3O6. The van der Waals surface area contributed by atoms with Gasteiger partial charge in [0.15, 0.2) is 0 Å². The van der Waals surface area contributed by atoms with E-state index in [1.807, 2.05) is 38.1 Å². The van der Waals surface area contributed by atoms with Gasteiger partial charge < -0.3 is 29.7 Å². The molecule has 0 spiro atoms. The lowest BCUT2D eigenvalue weighted by molar-refractivity contribution is -0.0131. The molecule has 4 rings (SSSR count). The Morgan fingerprint density at radius 1 is 0.943 bits per heavy atom. The van der Waals surface area contributed by atoms with Crippen LogP contribution in [0.15, 0.2) is 60.7 Å². The minimum Gasteiger partial charge on any atom is -0.428 e. The standard InChI is InChI=1S/C42H51F2N3O6/c1-5-8-9-11-30-12-10-13-31(20-30)26-45-27-39(53-42(50)52-37-14-17-51-28-37)38(23-32-21-35(43)25-36(44)22-32)46-40(48)33-18-29(4)19-34(24-33)41(49)47(15-6-2)16-7-3/h10,12-13,18-22,24-25,37-39,45H,5-8,14-17,23,26-28H2,1-4H3,(H,46,48). The van der Waals surface area contributed by atoms with Crippen molar-refractivity contribution in [1.29, 1.82) is 0 Å². The number of aryl methyl sites for hydroxylation is 1. The second-order valence-corrected chi connectivity index (χ2v) is 13.3. The van der Waals surface area contributed by atoms with Crippen LogP contribution in [0.4, 0.5) is 13.6 Å². The van der Waals surface area contributed by atoms with Gasteiger partial charge in [-0.2, -0.15) is 0 Å². The van der Waals surface area contributed by atoms with E-state index in [-0.39, 0.29) is 36.6 Å². The number of benzene rings is 3. The van der Waals surface area contributed by atoms with Gasteiger partial charge in [-0.05, 0) is 91.8 Å². The van der Waals surface area contributed by atoms with Crippen molar-refractivity contribution < 1.29 is 37.4 Å². The van der Waals surface area contributed by atoms with Crippen molar-refractivity contribution in [1.82, 2.24) is 15.5 Å². The van der Waals surface area contributed by atoms with E-state index in [0.29, 0.717) is 43.8 Å². The molecule has 0 aromatic heterocycles. The maximum atomic E-state index is 14.4. The van der Waals surface area contributed by atoms with Crippen molar-refractivity contribution in [2.24, 2.45) is 0 Å². The van der Waals surface area contributed by atoms with Gasteiger partial charge in [0.2, 0.25) is 0 Å². The molecule has 1 aliphatic heterocycles. The van der Waals surface area contributed by atoms with Crippen LogP contribution in [0.1, 0.15) is 95.8 Å². The van der Waals surface area contributed by atoms with E-state index in [9.17, 15) is 23.2 Å². The normalized spacial score (nSPS) is 14.8. The zero-order valence-corrected chi connectivity index (χ0v) is 31.1. The monoisotopic (exact) mass is 731 g/mol. The Balaban J connectivity index is 1.64. The number of nitrogens with zero attached hydrogens (tertiary/aromatic N) is 1. The van der Waals surface area contributed by atoms with Gasteiger partial charge in [-0.1, -0.05) is 44.7 Å². The molecule has 1 aliphatic rings. The van der Waals surface area contributed by atoms with Crippen molar-refractivity contribution in [3.05, 3.63) is 106 Å². The first-order valence-electron chi connectivity index (χ1n) is 18.5. The van der Waals surface area contributed by atoms with Crippen LogP contribution in [-0.2, 0) is 27.2 Å². The Bertz CT molecular complexity index is 1720. The summed E-state index contributed by atoms with van der Waals surface area (Å²) in [5.41, 5.74) is 3.34. The summed E-state index contributed by atoms with van der Waals surface area (Å²) in [6.45, 7) is 10.1. The summed E-state index contributed by atoms with van der Waals surface area (Å²) in [4.78, 5) is 42.4. The first kappa shape index (κ1) is 41.0. The number of hydrogen-bond acceptors (Lipinski definition) is 7. The van der Waals surface area contributed by atoms with Crippen LogP contribution in [0.25, 0.3) is 0 Å². The molecule has 1 saturated heterocycles. The largest absolute Gasteiger partial charge is 0.509 e. The summed E-state index contributed by atoms with van der Waals surface area (Å²) < 4.78 is 45.5. The fourth-order valence-corrected chi connectivity index (χ4v) is 6.15. The predicted octanol–water partition coefficient (Wildman–Crippen LogP) is 7.13. The van der Waals surface area contributed by atoms with Gasteiger partial charge in [0.25, 0.3) is 11.8 Å². The molecule has 2 N–H and O–H groups in total. The van der Waals surface area contributed by atoms with Gasteiger partial charge in [-0.3, -0.25) is 9.59 Å². The number of carbonyl (C=O) groups is 3. The highest BCUT2D eigenvalue weighted by Crippen LogP contribution is 2.18. The van der Waals surface area contributed by atoms with E-state index in [2.05, 4.69) is 29.4 Å². The summed E-state index contributed by atoms with van der Waals surface area (Å²) in [5.74, 6) is 4.02. The molecule has 3 unspecified atom stereocenters. The molecule has 3 aromatic rings. The topological polar surface area (TPSA) is 106 Å². The molecule has 11 heteroatoms. The van der Waals surface area contributed by atoms with Gasteiger partial charge in [0.05, 0.1) is 19.3 Å². The van der Waals surface area contributed by atoms with Gasteiger partial charge in [0.1, 0.15) is 23.8 Å². The molecule has 3 aromatic carbocycles. The highest BCUT2D eigenvalue weighted by Gasteiger charge is 2.31. The van der Waals surface area contributed by atoms with Gasteiger partial charge in [-0.25, -0.2) is 13.6 Å². The Hall–Kier alpha value is -4.79. The average Bonchev–Trinajstić information content (AvgIpc) is 3.63. The van der Waals surface area contributed by atoms with Crippen molar-refractivity contribution in [3.8, 4) is 11.8 Å². The number of nitrogens with one attached hydrogen (secondary N) is 2. The second kappa shape index (κ2) is 21.0. The quantitative estimate of drug-likeness (QED) is 0.113. The summed E-state index contributed by atoms with van der Waals surface area (Å²) >= 11 is 0. The van der Waals surface area contributed by atoms with E-state index < -0.39 is 41.9 Å². The summed E-state index contributed by atoms with van der Waals surface area (Å²) in [7, 11) is 0. The highest BCUT2D eigenvalue weighted by molar-refractivity contribution is 6.00. The van der Waals surface area contributed by atoms with E-state index in [1.165, 1.54) is 12.1 Å². The number of carbonyl (C=O) groups excluding carboxylic acids is 3. The van der Waals surface area contributed by atoms with Crippen molar-refractivity contribution in [2.75, 3.05) is 32.8 Å². The van der Waals surface area contributed by atoms with Gasteiger partial charge in [-0.15, -0.1) is 0 Å². The number of rotatable bonds is 17. The van der Waals surface area contributed by atoms with Gasteiger partial charge in [0, 0.05) is 61.8 Å². The number of amides is 2. The third-order valence-electron chi connectivity index (χ3n) is 8.61. The predicted molar refractivity (Wildman–Crippen MR) is 199 cm³/mol. The van der Waals surface area contributed by atoms with Crippen LogP contribution in [0.2, 0.25) is 0 Å². The zero-order valence-electron chi connectivity index (χ0n) is 31.1. The first-order chi connectivity index (χ1) is 25.6. The molecule has 2 amide bonds. The zero-order chi connectivity index (χ0) is 38.2. The lowest BCUT2D eigenvalue weighted by Gasteiger charge is -2.29. The molecule has 284 valence electrons. The lowest BCUT2D eigenvalue weighted by Crippen LogP contribution is -2.51. The summed E-state index contributed by atoms with van der Waals surface area (Å²) in [5, 5.41) is 6.27. The summed E-state index contributed by atoms with van der Waals surface area (Å²) in [6, 6.07) is 14.8. The maximum Gasteiger partial charge on any atom is 0.509 e. The molecule has 1 fully saturated rings. The van der Waals surface area contributed by atoms with Crippen molar-refractivity contribution in [3.63, 3.8) is 0 Å². The smallest absolute Gasteiger partial charge is 0.428 e. The Morgan fingerprint density at radius 3 is 2.36 bits per heavy atom. The summed E-state index contributed by atoms with van der Waals surface area (Å²) in [6.07, 6.45) is 1.27. The molecule has 3 atom stereocenters. The minimum atomic E-state index is -1.05. The molecule has 1 heterocycles. The molecule has 9 nitrogen and oxygen atoms in total. The highest BCUT2D eigenvalue weighted by atomic mass is 19.1. The first-order valence-corrected chi connectivity index (χ1v) is 18.5. The van der Waals surface area contributed by atoms with Crippen LogP contribution >= 0.6 is 0 Å². The second-order valence-electron chi connectivity index (χ2n) is 13.3. The molecule has 0 bridgehead atoms. The molecule has 0 radical (unpaired) electrons. The molecular weight excluding hydrogens is 680 g/mol. The molecule has 0 saturated carbocycles. The van der Waals surface area contributed by atoms with Crippen molar-refractivity contribution in [2.45, 2.75) is 91.0 Å². The number of halogens is 2. The SMILES string of the molecule is CCCC#Cc1cccc(CNCC(OC(=O)OC2CCOC2)C(Cc2cc(F)cc(F)c2)NC(=O)c2cc(C)cc(C(=O)N(CCC)CCC)c2)c1. The Labute approximate surface area is 311 Å². The third-order valence-corrected chi connectivity index (χ3v) is 8.61. The number of hydrogen-bond donors (Lipinski definition) is 2. The maximum absolute atomic E-state index is 14.4. The fourth-order valence-electron chi connectivity index (χ4n) is 6.15. The fraction of sp³-hybridized carbons (Fsp3) is 0.452. The minimum absolute atomic E-state index is 0.0469. The van der Waals surface area contributed by atoms with Crippen LogP contribution in [0, 0.1) is 30.4 Å². The lowest BCUT2D eigenvalue weighted by atomic mass is 9.99. The van der Waals surface area contributed by atoms with E-state index in [1.54, 1.807) is 30.0 Å². The molecule has 0 aliphatic carbocycles. The number of ether oxygens (including phenoxy) is 3. The van der Waals surface area contributed by atoms with Crippen LogP contribution in [0.3, 0.4) is 0 Å². The van der Waals surface area contributed by atoms with Crippen LogP contribution in [0.5, 0.6) is 0 Å². The van der Waals surface area contributed by atoms with Crippen molar-refractivity contribution >= 4 is 18.0 Å². The van der Waals surface area contributed by atoms with Crippen LogP contribution in [-0.4, -0.2) is 74.0 Å².